The van der Waals surface area contributed by atoms with Gasteiger partial charge < -0.3 is 13.9 Å². The molecule has 5 heteroatoms. The number of methoxy groups -OCH3 is 1. The molecule has 128 valence electrons. The fourth-order valence-corrected chi connectivity index (χ4v) is 2.70. The topological polar surface area (TPSA) is 53.2 Å². The van der Waals surface area contributed by atoms with Crippen LogP contribution in [0.3, 0.4) is 0 Å². The highest BCUT2D eigenvalue weighted by molar-refractivity contribution is 5.33. The van der Waals surface area contributed by atoms with Gasteiger partial charge in [0.05, 0.1) is 20.2 Å². The molecule has 0 aliphatic rings. The predicted molar refractivity (Wildman–Crippen MR) is 97.3 cm³/mol. The van der Waals surface area contributed by atoms with Gasteiger partial charge in [0.15, 0.2) is 0 Å². The Morgan fingerprint density at radius 2 is 1.44 bits per heavy atom. The number of nitrogens with zero attached hydrogens (tertiary/aromatic N) is 2. The summed E-state index contributed by atoms with van der Waals surface area (Å²) in [6.07, 6.45) is 3.30. The van der Waals surface area contributed by atoms with Crippen LogP contribution in [0, 0.1) is 6.92 Å². The van der Waals surface area contributed by atoms with Crippen molar-refractivity contribution in [2.45, 2.75) is 20.0 Å². The number of rotatable bonds is 5. The monoisotopic (exact) mass is 336 g/mol. The first kappa shape index (κ1) is 16.8. The van der Waals surface area contributed by atoms with E-state index in [0.29, 0.717) is 18.8 Å². The molecule has 0 amide bonds. The highest BCUT2D eigenvalue weighted by Crippen LogP contribution is 2.17. The van der Waals surface area contributed by atoms with Crippen LogP contribution >= 0.6 is 0 Å². The van der Waals surface area contributed by atoms with E-state index in [9.17, 15) is 9.59 Å². The van der Waals surface area contributed by atoms with E-state index in [1.165, 1.54) is 9.13 Å². The summed E-state index contributed by atoms with van der Waals surface area (Å²) in [5.41, 5.74) is 1.92. The molecule has 0 atom stereocenters. The summed E-state index contributed by atoms with van der Waals surface area (Å²) in [5.74, 6) is 0.693. The van der Waals surface area contributed by atoms with Gasteiger partial charge in [0.25, 0.3) is 0 Å². The van der Waals surface area contributed by atoms with E-state index in [0.717, 1.165) is 16.7 Å². The fourth-order valence-electron chi connectivity index (χ4n) is 2.70. The van der Waals surface area contributed by atoms with Crippen LogP contribution in [-0.4, -0.2) is 16.2 Å². The lowest BCUT2D eigenvalue weighted by Gasteiger charge is -2.11. The molecule has 0 radical (unpaired) electrons. The van der Waals surface area contributed by atoms with Crippen molar-refractivity contribution in [2.75, 3.05) is 7.11 Å². The van der Waals surface area contributed by atoms with Gasteiger partial charge in [-0.2, -0.15) is 0 Å². The minimum absolute atomic E-state index is 0.295. The number of benzene rings is 2. The molecule has 1 aromatic heterocycles. The molecule has 0 fully saturated rings. The maximum atomic E-state index is 12.4. The van der Waals surface area contributed by atoms with Crippen molar-refractivity contribution in [1.82, 2.24) is 9.13 Å². The third kappa shape index (κ3) is 3.71. The minimum atomic E-state index is -0.541. The Kier molecular flexibility index (Phi) is 4.84. The van der Waals surface area contributed by atoms with Gasteiger partial charge in [-0.3, -0.25) is 9.59 Å². The second kappa shape index (κ2) is 7.21. The summed E-state index contributed by atoms with van der Waals surface area (Å²) < 4.78 is 8.15. The quantitative estimate of drug-likeness (QED) is 0.673. The summed E-state index contributed by atoms with van der Waals surface area (Å²) in [7, 11) is 1.58. The molecule has 0 N–H and O–H groups in total. The normalized spacial score (nSPS) is 10.6. The van der Waals surface area contributed by atoms with Crippen molar-refractivity contribution in [3.63, 3.8) is 0 Å². The Labute approximate surface area is 145 Å². The maximum Gasteiger partial charge on any atom is 0.316 e. The molecule has 0 unspecified atom stereocenters. The van der Waals surface area contributed by atoms with Crippen LogP contribution in [0.4, 0.5) is 0 Å². The van der Waals surface area contributed by atoms with Gasteiger partial charge in [-0.25, -0.2) is 0 Å². The van der Waals surface area contributed by atoms with Crippen LogP contribution in [0.5, 0.6) is 5.75 Å². The van der Waals surface area contributed by atoms with E-state index in [1.54, 1.807) is 19.5 Å². The van der Waals surface area contributed by atoms with Crippen molar-refractivity contribution >= 4 is 0 Å². The second-order valence-corrected chi connectivity index (χ2v) is 5.96. The van der Waals surface area contributed by atoms with Crippen LogP contribution < -0.4 is 15.9 Å². The van der Waals surface area contributed by atoms with Crippen molar-refractivity contribution in [2.24, 2.45) is 0 Å². The first-order valence-corrected chi connectivity index (χ1v) is 8.06. The highest BCUT2D eigenvalue weighted by Gasteiger charge is 2.08. The third-order valence-electron chi connectivity index (χ3n) is 4.14. The number of para-hydroxylation sites is 1. The number of hydrogen-bond acceptors (Lipinski definition) is 3. The molecule has 5 nitrogen and oxygen atoms in total. The summed E-state index contributed by atoms with van der Waals surface area (Å²) in [6, 6.07) is 15.4. The standard InChI is InChI=1S/C20H20N2O3/c1-15-7-9-16(10-8-15)13-21-11-12-22(20(24)19(21)23)14-17-5-3-4-6-18(17)25-2/h3-12H,13-14H2,1-2H3. The Bertz CT molecular complexity index is 985. The molecule has 3 aromatic rings. The van der Waals surface area contributed by atoms with E-state index in [1.807, 2.05) is 55.5 Å². The molecule has 3 rings (SSSR count). The lowest BCUT2D eigenvalue weighted by Crippen LogP contribution is -2.40. The van der Waals surface area contributed by atoms with E-state index in [2.05, 4.69) is 0 Å². The largest absolute Gasteiger partial charge is 0.496 e. The molecule has 0 bridgehead atoms. The number of aryl methyl sites for hydroxylation is 1. The van der Waals surface area contributed by atoms with Crippen LogP contribution in [0.25, 0.3) is 0 Å². The molecule has 25 heavy (non-hydrogen) atoms. The van der Waals surface area contributed by atoms with E-state index >= 15 is 0 Å². The van der Waals surface area contributed by atoms with Gasteiger partial charge in [0, 0.05) is 18.0 Å². The Balaban J connectivity index is 1.89. The van der Waals surface area contributed by atoms with Crippen LogP contribution in [-0.2, 0) is 13.1 Å². The van der Waals surface area contributed by atoms with Crippen LogP contribution in [0.15, 0.2) is 70.5 Å². The molecule has 0 aliphatic carbocycles. The first-order valence-electron chi connectivity index (χ1n) is 8.06. The van der Waals surface area contributed by atoms with Crippen molar-refractivity contribution in [3.05, 3.63) is 98.3 Å². The zero-order valence-electron chi connectivity index (χ0n) is 14.3. The van der Waals surface area contributed by atoms with E-state index < -0.39 is 11.1 Å². The molecular weight excluding hydrogens is 316 g/mol. The zero-order chi connectivity index (χ0) is 17.8. The van der Waals surface area contributed by atoms with Crippen molar-refractivity contribution in [3.8, 4) is 5.75 Å². The first-order chi connectivity index (χ1) is 12.1. The van der Waals surface area contributed by atoms with Crippen LogP contribution in [0.1, 0.15) is 16.7 Å². The minimum Gasteiger partial charge on any atom is -0.496 e. The van der Waals surface area contributed by atoms with E-state index in [-0.39, 0.29) is 0 Å². The average molecular weight is 336 g/mol. The van der Waals surface area contributed by atoms with Gasteiger partial charge in [-0.15, -0.1) is 0 Å². The Hall–Kier alpha value is -3.08. The molecule has 0 aliphatic heterocycles. The molecule has 0 saturated heterocycles. The molecule has 0 saturated carbocycles. The Morgan fingerprint density at radius 1 is 0.840 bits per heavy atom. The lowest BCUT2D eigenvalue weighted by molar-refractivity contribution is 0.408. The zero-order valence-corrected chi connectivity index (χ0v) is 14.3. The smallest absolute Gasteiger partial charge is 0.316 e. The molecule has 0 spiro atoms. The van der Waals surface area contributed by atoms with Gasteiger partial charge in [-0.05, 0) is 18.6 Å². The number of hydrogen-bond donors (Lipinski definition) is 0. The summed E-state index contributed by atoms with van der Waals surface area (Å²) in [5, 5.41) is 0. The summed E-state index contributed by atoms with van der Waals surface area (Å²) >= 11 is 0. The summed E-state index contributed by atoms with van der Waals surface area (Å²) in [4.78, 5) is 24.8. The third-order valence-corrected chi connectivity index (χ3v) is 4.14. The van der Waals surface area contributed by atoms with E-state index in [4.69, 9.17) is 4.74 Å². The Morgan fingerprint density at radius 3 is 2.08 bits per heavy atom. The van der Waals surface area contributed by atoms with Crippen LogP contribution in [0.2, 0.25) is 0 Å². The lowest BCUT2D eigenvalue weighted by atomic mass is 10.1. The highest BCUT2D eigenvalue weighted by atomic mass is 16.5. The number of ether oxygens (including phenoxy) is 1. The average Bonchev–Trinajstić information content (AvgIpc) is 2.63. The maximum absolute atomic E-state index is 12.4. The molecule has 2 aromatic carbocycles. The molecule has 1 heterocycles. The van der Waals surface area contributed by atoms with Gasteiger partial charge in [0.1, 0.15) is 5.75 Å². The fraction of sp³-hybridized carbons (Fsp3) is 0.200. The van der Waals surface area contributed by atoms with Crippen molar-refractivity contribution in [1.29, 1.82) is 0 Å². The number of aromatic nitrogens is 2. The van der Waals surface area contributed by atoms with Crippen molar-refractivity contribution < 1.29 is 4.74 Å². The van der Waals surface area contributed by atoms with Gasteiger partial charge >= 0.3 is 11.1 Å². The second-order valence-electron chi connectivity index (χ2n) is 5.96. The predicted octanol–water partition coefficient (Wildman–Crippen LogP) is 2.42. The summed E-state index contributed by atoms with van der Waals surface area (Å²) in [6.45, 7) is 2.68. The molecular formula is C20H20N2O3. The van der Waals surface area contributed by atoms with Gasteiger partial charge in [-0.1, -0.05) is 48.0 Å². The SMILES string of the molecule is COc1ccccc1Cn1ccn(Cc2ccc(C)cc2)c(=O)c1=O. The van der Waals surface area contributed by atoms with Gasteiger partial charge in [0.2, 0.25) is 0 Å².